The number of hydrogen-bond acceptors (Lipinski definition) is 2. The molecule has 0 aliphatic rings. The quantitative estimate of drug-likeness (QED) is 0.741. The largest absolute Gasteiger partial charge is 0.372 e. The van der Waals surface area contributed by atoms with E-state index in [4.69, 9.17) is 11.6 Å². The molecule has 2 aromatic rings. The van der Waals surface area contributed by atoms with Gasteiger partial charge in [0.25, 0.3) is 0 Å². The van der Waals surface area contributed by atoms with Crippen LogP contribution in [0.25, 0.3) is 0 Å². The normalized spacial score (nSPS) is 10.4. The van der Waals surface area contributed by atoms with Crippen molar-refractivity contribution in [3.05, 3.63) is 58.6 Å². The Labute approximate surface area is 155 Å². The van der Waals surface area contributed by atoms with Crippen molar-refractivity contribution in [2.75, 3.05) is 29.9 Å². The minimum absolute atomic E-state index is 0.194. The van der Waals surface area contributed by atoms with Gasteiger partial charge in [-0.15, -0.1) is 0 Å². The third kappa shape index (κ3) is 5.68. The van der Waals surface area contributed by atoms with Crippen LogP contribution < -0.4 is 15.5 Å². The minimum atomic E-state index is -0.194. The number of urea groups is 1. The molecule has 25 heavy (non-hydrogen) atoms. The number of nitrogens with one attached hydrogen (secondary N) is 2. The fourth-order valence-corrected chi connectivity index (χ4v) is 2.97. The topological polar surface area (TPSA) is 44.4 Å². The summed E-state index contributed by atoms with van der Waals surface area (Å²) in [6.45, 7) is 8.77. The summed E-state index contributed by atoms with van der Waals surface area (Å²) < 4.78 is 0. The van der Waals surface area contributed by atoms with E-state index < -0.39 is 0 Å². The number of hydrogen-bond donors (Lipinski definition) is 2. The minimum Gasteiger partial charge on any atom is -0.372 e. The summed E-state index contributed by atoms with van der Waals surface area (Å²) in [7, 11) is 0. The molecule has 0 aromatic heterocycles. The molecule has 0 atom stereocenters. The van der Waals surface area contributed by atoms with E-state index in [0.717, 1.165) is 36.3 Å². The number of carbonyl (C=O) groups excluding carboxylic acids is 1. The highest BCUT2D eigenvalue weighted by molar-refractivity contribution is 6.30. The molecule has 134 valence electrons. The number of benzene rings is 2. The third-order valence-electron chi connectivity index (χ3n) is 4.18. The maximum atomic E-state index is 12.1. The van der Waals surface area contributed by atoms with Crippen LogP contribution in [-0.4, -0.2) is 25.7 Å². The highest BCUT2D eigenvalue weighted by Crippen LogP contribution is 2.22. The number of halogens is 1. The van der Waals surface area contributed by atoms with Crippen LogP contribution in [0.2, 0.25) is 5.02 Å². The van der Waals surface area contributed by atoms with Gasteiger partial charge in [0.15, 0.2) is 0 Å². The Morgan fingerprint density at radius 2 is 1.88 bits per heavy atom. The van der Waals surface area contributed by atoms with E-state index in [1.165, 1.54) is 5.69 Å². The highest BCUT2D eigenvalue weighted by atomic mass is 35.5. The second kappa shape index (κ2) is 9.33. The number of nitrogens with zero attached hydrogens (tertiary/aromatic N) is 1. The predicted octanol–water partition coefficient (Wildman–Crippen LogP) is 4.86. The first kappa shape index (κ1) is 19.1. The molecule has 0 heterocycles. The number of carbonyl (C=O) groups is 1. The standard InChI is InChI=1S/C20H26ClN3O/c1-4-24(5-2)18-9-10-19(15(3)13-18)23-20(25)22-12-11-16-7-6-8-17(21)14-16/h6-10,13-14H,4-5,11-12H2,1-3H3,(H2,22,23,25). The molecule has 0 aliphatic carbocycles. The van der Waals surface area contributed by atoms with Crippen LogP contribution in [0.4, 0.5) is 16.2 Å². The molecule has 0 aliphatic heterocycles. The zero-order valence-electron chi connectivity index (χ0n) is 15.1. The molecule has 2 N–H and O–H groups in total. The smallest absolute Gasteiger partial charge is 0.319 e. The number of aryl methyl sites for hydroxylation is 1. The Hall–Kier alpha value is -2.20. The Morgan fingerprint density at radius 3 is 2.52 bits per heavy atom. The van der Waals surface area contributed by atoms with Crippen LogP contribution in [0.5, 0.6) is 0 Å². The fraction of sp³-hybridized carbons (Fsp3) is 0.350. The Bertz CT molecular complexity index is 714. The van der Waals surface area contributed by atoms with E-state index in [0.29, 0.717) is 11.6 Å². The molecule has 0 saturated heterocycles. The molecular weight excluding hydrogens is 334 g/mol. The monoisotopic (exact) mass is 359 g/mol. The summed E-state index contributed by atoms with van der Waals surface area (Å²) in [5.41, 5.74) is 4.16. The zero-order chi connectivity index (χ0) is 18.2. The van der Waals surface area contributed by atoms with Gasteiger partial charge >= 0.3 is 6.03 Å². The van der Waals surface area contributed by atoms with Gasteiger partial charge in [0.2, 0.25) is 0 Å². The summed E-state index contributed by atoms with van der Waals surface area (Å²) in [6, 6.07) is 13.6. The average Bonchev–Trinajstić information content (AvgIpc) is 2.58. The molecule has 4 nitrogen and oxygen atoms in total. The zero-order valence-corrected chi connectivity index (χ0v) is 15.9. The van der Waals surface area contributed by atoms with E-state index in [1.807, 2.05) is 43.3 Å². The molecule has 0 spiro atoms. The summed E-state index contributed by atoms with van der Waals surface area (Å²) in [5, 5.41) is 6.51. The third-order valence-corrected chi connectivity index (χ3v) is 4.41. The van der Waals surface area contributed by atoms with Crippen molar-refractivity contribution in [1.29, 1.82) is 0 Å². The lowest BCUT2D eigenvalue weighted by Gasteiger charge is -2.22. The van der Waals surface area contributed by atoms with Crippen LogP contribution in [0.3, 0.4) is 0 Å². The van der Waals surface area contributed by atoms with Crippen molar-refractivity contribution >= 4 is 29.0 Å². The molecular formula is C20H26ClN3O. The van der Waals surface area contributed by atoms with Gasteiger partial charge < -0.3 is 15.5 Å². The van der Waals surface area contributed by atoms with Crippen LogP contribution in [-0.2, 0) is 6.42 Å². The Kier molecular flexibility index (Phi) is 7.14. The molecule has 0 unspecified atom stereocenters. The van der Waals surface area contributed by atoms with Gasteiger partial charge in [-0.2, -0.15) is 0 Å². The average molecular weight is 360 g/mol. The molecule has 0 bridgehead atoms. The summed E-state index contributed by atoms with van der Waals surface area (Å²) in [4.78, 5) is 14.4. The summed E-state index contributed by atoms with van der Waals surface area (Å²) in [5.74, 6) is 0. The van der Waals surface area contributed by atoms with Gasteiger partial charge in [0.1, 0.15) is 0 Å². The molecule has 2 amide bonds. The molecule has 0 radical (unpaired) electrons. The molecule has 2 aromatic carbocycles. The summed E-state index contributed by atoms with van der Waals surface area (Å²) in [6.07, 6.45) is 0.744. The molecule has 0 saturated carbocycles. The second-order valence-electron chi connectivity index (χ2n) is 5.93. The number of rotatable bonds is 7. The predicted molar refractivity (Wildman–Crippen MR) is 107 cm³/mol. The van der Waals surface area contributed by atoms with Crippen molar-refractivity contribution < 1.29 is 4.79 Å². The second-order valence-corrected chi connectivity index (χ2v) is 6.37. The molecule has 0 fully saturated rings. The Morgan fingerprint density at radius 1 is 1.12 bits per heavy atom. The first-order chi connectivity index (χ1) is 12.0. The van der Waals surface area contributed by atoms with Crippen molar-refractivity contribution in [3.8, 4) is 0 Å². The van der Waals surface area contributed by atoms with Gasteiger partial charge in [-0.05, 0) is 68.7 Å². The van der Waals surface area contributed by atoms with E-state index >= 15 is 0 Å². The first-order valence-electron chi connectivity index (χ1n) is 8.68. The lowest BCUT2D eigenvalue weighted by molar-refractivity contribution is 0.252. The SMILES string of the molecule is CCN(CC)c1ccc(NC(=O)NCCc2cccc(Cl)c2)c(C)c1. The molecule has 5 heteroatoms. The lowest BCUT2D eigenvalue weighted by Crippen LogP contribution is -2.30. The lowest BCUT2D eigenvalue weighted by atomic mass is 10.1. The van der Waals surface area contributed by atoms with E-state index in [-0.39, 0.29) is 6.03 Å². The fourth-order valence-electron chi connectivity index (χ4n) is 2.75. The van der Waals surface area contributed by atoms with E-state index in [2.05, 4.69) is 35.4 Å². The van der Waals surface area contributed by atoms with Crippen molar-refractivity contribution in [1.82, 2.24) is 5.32 Å². The van der Waals surface area contributed by atoms with Crippen LogP contribution in [0.1, 0.15) is 25.0 Å². The van der Waals surface area contributed by atoms with Gasteiger partial charge in [-0.3, -0.25) is 0 Å². The van der Waals surface area contributed by atoms with Crippen molar-refractivity contribution in [2.45, 2.75) is 27.2 Å². The highest BCUT2D eigenvalue weighted by Gasteiger charge is 2.07. The van der Waals surface area contributed by atoms with Gasteiger partial charge in [-0.1, -0.05) is 23.7 Å². The Balaban J connectivity index is 1.87. The summed E-state index contributed by atoms with van der Waals surface area (Å²) >= 11 is 5.96. The van der Waals surface area contributed by atoms with Crippen molar-refractivity contribution in [2.24, 2.45) is 0 Å². The van der Waals surface area contributed by atoms with Crippen molar-refractivity contribution in [3.63, 3.8) is 0 Å². The van der Waals surface area contributed by atoms with Gasteiger partial charge in [0.05, 0.1) is 0 Å². The van der Waals surface area contributed by atoms with Gasteiger partial charge in [0, 0.05) is 36.0 Å². The maximum absolute atomic E-state index is 12.1. The van der Waals surface area contributed by atoms with Crippen LogP contribution >= 0.6 is 11.6 Å². The van der Waals surface area contributed by atoms with Crippen LogP contribution in [0.15, 0.2) is 42.5 Å². The van der Waals surface area contributed by atoms with E-state index in [9.17, 15) is 4.79 Å². The van der Waals surface area contributed by atoms with E-state index in [1.54, 1.807) is 0 Å². The first-order valence-corrected chi connectivity index (χ1v) is 9.06. The number of anilines is 2. The number of amides is 2. The van der Waals surface area contributed by atoms with Gasteiger partial charge in [-0.25, -0.2) is 4.79 Å². The van der Waals surface area contributed by atoms with Crippen LogP contribution in [0, 0.1) is 6.92 Å². The maximum Gasteiger partial charge on any atom is 0.319 e. The molecule has 2 rings (SSSR count).